The SMILES string of the molecule is COC(=O)c1ccsc1NC(=O)c1ccsc1NC(=O)C1CCCO1. The van der Waals surface area contributed by atoms with Gasteiger partial charge in [-0.25, -0.2) is 4.79 Å². The zero-order valence-electron chi connectivity index (χ0n) is 13.4. The first-order chi connectivity index (χ1) is 12.1. The predicted octanol–water partition coefficient (Wildman–Crippen LogP) is 2.97. The first kappa shape index (κ1) is 17.6. The van der Waals surface area contributed by atoms with Crippen molar-refractivity contribution in [3.05, 3.63) is 34.0 Å². The molecule has 2 N–H and O–H groups in total. The van der Waals surface area contributed by atoms with E-state index in [-0.39, 0.29) is 5.91 Å². The molecule has 3 heterocycles. The van der Waals surface area contributed by atoms with Crippen molar-refractivity contribution in [1.29, 1.82) is 0 Å². The highest BCUT2D eigenvalue weighted by Crippen LogP contribution is 2.28. The third-order valence-corrected chi connectivity index (χ3v) is 5.33. The maximum Gasteiger partial charge on any atom is 0.340 e. The smallest absolute Gasteiger partial charge is 0.340 e. The molecule has 1 atom stereocenters. The summed E-state index contributed by atoms with van der Waals surface area (Å²) in [6.45, 7) is 0.574. The van der Waals surface area contributed by atoms with E-state index in [0.29, 0.717) is 34.2 Å². The van der Waals surface area contributed by atoms with Gasteiger partial charge in [0, 0.05) is 6.61 Å². The van der Waals surface area contributed by atoms with Gasteiger partial charge in [-0.05, 0) is 35.7 Å². The summed E-state index contributed by atoms with van der Waals surface area (Å²) < 4.78 is 10.0. The Kier molecular flexibility index (Phi) is 5.47. The lowest BCUT2D eigenvalue weighted by Gasteiger charge is -2.11. The first-order valence-electron chi connectivity index (χ1n) is 7.57. The zero-order valence-corrected chi connectivity index (χ0v) is 15.0. The van der Waals surface area contributed by atoms with Crippen LogP contribution in [0.25, 0.3) is 0 Å². The van der Waals surface area contributed by atoms with Crippen LogP contribution in [0.3, 0.4) is 0 Å². The number of rotatable bonds is 5. The summed E-state index contributed by atoms with van der Waals surface area (Å²) in [5.74, 6) is -1.18. The summed E-state index contributed by atoms with van der Waals surface area (Å²) >= 11 is 2.48. The van der Waals surface area contributed by atoms with Crippen LogP contribution in [0.1, 0.15) is 33.6 Å². The Labute approximate surface area is 151 Å². The van der Waals surface area contributed by atoms with E-state index in [1.807, 2.05) is 0 Å². The maximum atomic E-state index is 12.5. The van der Waals surface area contributed by atoms with Crippen molar-refractivity contribution in [1.82, 2.24) is 0 Å². The highest BCUT2D eigenvalue weighted by Gasteiger charge is 2.26. The predicted molar refractivity (Wildman–Crippen MR) is 95.5 cm³/mol. The van der Waals surface area contributed by atoms with Crippen molar-refractivity contribution in [2.45, 2.75) is 18.9 Å². The van der Waals surface area contributed by atoms with Crippen LogP contribution in [0.15, 0.2) is 22.9 Å². The molecule has 7 nitrogen and oxygen atoms in total. The fourth-order valence-electron chi connectivity index (χ4n) is 2.41. The van der Waals surface area contributed by atoms with Gasteiger partial charge in [0.1, 0.15) is 16.1 Å². The third kappa shape index (κ3) is 3.89. The molecule has 1 fully saturated rings. The van der Waals surface area contributed by atoms with Crippen molar-refractivity contribution in [2.75, 3.05) is 24.4 Å². The molecule has 0 aromatic carbocycles. The van der Waals surface area contributed by atoms with Gasteiger partial charge in [0.15, 0.2) is 0 Å². The number of hydrogen-bond acceptors (Lipinski definition) is 7. The number of amides is 2. The number of thiophene rings is 2. The average molecular weight is 380 g/mol. The molecule has 1 unspecified atom stereocenters. The van der Waals surface area contributed by atoms with Gasteiger partial charge in [0.2, 0.25) is 0 Å². The fraction of sp³-hybridized carbons (Fsp3) is 0.312. The minimum absolute atomic E-state index is 0.250. The highest BCUT2D eigenvalue weighted by atomic mass is 32.1. The van der Waals surface area contributed by atoms with Crippen molar-refractivity contribution in [2.24, 2.45) is 0 Å². The molecule has 2 amide bonds. The van der Waals surface area contributed by atoms with Gasteiger partial charge >= 0.3 is 5.97 Å². The lowest BCUT2D eigenvalue weighted by molar-refractivity contribution is -0.124. The Balaban J connectivity index is 1.71. The van der Waals surface area contributed by atoms with Gasteiger partial charge in [-0.2, -0.15) is 0 Å². The number of hydrogen-bond donors (Lipinski definition) is 2. The molecule has 2 aromatic heterocycles. The molecule has 0 radical (unpaired) electrons. The Morgan fingerprint density at radius 1 is 1.12 bits per heavy atom. The van der Waals surface area contributed by atoms with Gasteiger partial charge < -0.3 is 20.1 Å². The number of methoxy groups -OCH3 is 1. The van der Waals surface area contributed by atoms with Crippen LogP contribution in [-0.4, -0.2) is 37.6 Å². The fourth-order valence-corrected chi connectivity index (χ4v) is 3.97. The summed E-state index contributed by atoms with van der Waals surface area (Å²) in [5.41, 5.74) is 0.626. The van der Waals surface area contributed by atoms with Crippen LogP contribution in [0.2, 0.25) is 0 Å². The third-order valence-electron chi connectivity index (χ3n) is 3.67. The number of nitrogens with one attached hydrogen (secondary N) is 2. The molecule has 0 aliphatic carbocycles. The lowest BCUT2D eigenvalue weighted by Crippen LogP contribution is -2.27. The molecule has 1 saturated heterocycles. The molecule has 1 aliphatic rings. The Hall–Kier alpha value is -2.23. The van der Waals surface area contributed by atoms with Crippen LogP contribution in [-0.2, 0) is 14.3 Å². The number of anilines is 2. The van der Waals surface area contributed by atoms with Crippen molar-refractivity contribution < 1.29 is 23.9 Å². The summed E-state index contributed by atoms with van der Waals surface area (Å²) in [6, 6.07) is 3.20. The van der Waals surface area contributed by atoms with Crippen molar-refractivity contribution in [3.63, 3.8) is 0 Å². The number of ether oxygens (including phenoxy) is 2. The number of esters is 1. The van der Waals surface area contributed by atoms with Gasteiger partial charge in [0.05, 0.1) is 18.2 Å². The van der Waals surface area contributed by atoms with E-state index in [1.54, 1.807) is 22.9 Å². The molecule has 9 heteroatoms. The molecule has 0 spiro atoms. The molecular weight excluding hydrogens is 364 g/mol. The molecule has 1 aliphatic heterocycles. The molecule has 0 bridgehead atoms. The Morgan fingerprint density at radius 2 is 1.80 bits per heavy atom. The van der Waals surface area contributed by atoms with Gasteiger partial charge in [-0.3, -0.25) is 9.59 Å². The second-order valence-corrected chi connectivity index (χ2v) is 7.10. The zero-order chi connectivity index (χ0) is 17.8. The second kappa shape index (κ2) is 7.77. The Bertz CT molecular complexity index is 792. The average Bonchev–Trinajstić information content (AvgIpc) is 3.35. The lowest BCUT2D eigenvalue weighted by atomic mass is 10.2. The van der Waals surface area contributed by atoms with Gasteiger partial charge in [0.25, 0.3) is 11.8 Å². The quantitative estimate of drug-likeness (QED) is 0.778. The summed E-state index contributed by atoms with van der Waals surface area (Å²) in [4.78, 5) is 36.4. The van der Waals surface area contributed by atoms with Gasteiger partial charge in [-0.15, -0.1) is 22.7 Å². The van der Waals surface area contributed by atoms with E-state index in [4.69, 9.17) is 4.74 Å². The maximum absolute atomic E-state index is 12.5. The summed E-state index contributed by atoms with van der Waals surface area (Å²) in [5, 5.41) is 9.70. The molecule has 0 saturated carbocycles. The van der Waals surface area contributed by atoms with Crippen molar-refractivity contribution >= 4 is 50.5 Å². The Morgan fingerprint density at radius 3 is 2.44 bits per heavy atom. The van der Waals surface area contributed by atoms with E-state index in [2.05, 4.69) is 15.4 Å². The minimum Gasteiger partial charge on any atom is -0.465 e. The van der Waals surface area contributed by atoms with Crippen LogP contribution in [0.5, 0.6) is 0 Å². The van der Waals surface area contributed by atoms with Crippen LogP contribution in [0.4, 0.5) is 10.0 Å². The molecule has 2 aromatic rings. The second-order valence-electron chi connectivity index (χ2n) is 5.26. The van der Waals surface area contributed by atoms with E-state index in [9.17, 15) is 14.4 Å². The standard InChI is InChI=1S/C16H16N2O5S2/c1-22-16(21)10-5-8-25-15(10)17-12(19)9-4-7-24-14(9)18-13(20)11-3-2-6-23-11/h4-5,7-8,11H,2-3,6H2,1H3,(H,17,19)(H,18,20). The summed E-state index contributed by atoms with van der Waals surface area (Å²) in [7, 11) is 1.28. The van der Waals surface area contributed by atoms with E-state index >= 15 is 0 Å². The topological polar surface area (TPSA) is 93.7 Å². The molecule has 25 heavy (non-hydrogen) atoms. The monoisotopic (exact) mass is 380 g/mol. The van der Waals surface area contributed by atoms with E-state index < -0.39 is 18.0 Å². The summed E-state index contributed by atoms with van der Waals surface area (Å²) in [6.07, 6.45) is 1.06. The van der Waals surface area contributed by atoms with Crippen LogP contribution >= 0.6 is 22.7 Å². The minimum atomic E-state index is -0.520. The van der Waals surface area contributed by atoms with Crippen molar-refractivity contribution in [3.8, 4) is 0 Å². The van der Waals surface area contributed by atoms with Crippen LogP contribution < -0.4 is 10.6 Å². The number of carbonyl (C=O) groups excluding carboxylic acids is 3. The molecule has 132 valence electrons. The first-order valence-corrected chi connectivity index (χ1v) is 9.33. The molecular formula is C16H16N2O5S2. The molecule has 3 rings (SSSR count). The van der Waals surface area contributed by atoms with Gasteiger partial charge in [-0.1, -0.05) is 0 Å². The normalized spacial score (nSPS) is 16.4. The number of carbonyl (C=O) groups is 3. The largest absolute Gasteiger partial charge is 0.465 e. The van der Waals surface area contributed by atoms with E-state index in [1.165, 1.54) is 29.8 Å². The van der Waals surface area contributed by atoms with Crippen LogP contribution in [0, 0.1) is 0 Å². The highest BCUT2D eigenvalue weighted by molar-refractivity contribution is 7.15. The van der Waals surface area contributed by atoms with E-state index in [0.717, 1.165) is 6.42 Å².